The van der Waals surface area contributed by atoms with Crippen molar-refractivity contribution in [3.8, 4) is 11.5 Å². The van der Waals surface area contributed by atoms with Crippen molar-refractivity contribution in [1.29, 1.82) is 0 Å². The quantitative estimate of drug-likeness (QED) is 0.824. The highest BCUT2D eigenvalue weighted by Gasteiger charge is 2.30. The molecule has 1 amide bonds. The second kappa shape index (κ2) is 7.74. The summed E-state index contributed by atoms with van der Waals surface area (Å²) in [6.45, 7) is 0. The van der Waals surface area contributed by atoms with Crippen LogP contribution in [0.15, 0.2) is 42.5 Å². The van der Waals surface area contributed by atoms with Crippen LogP contribution >= 0.6 is 0 Å². The molecule has 0 aliphatic heterocycles. The van der Waals surface area contributed by atoms with Gasteiger partial charge in [0.2, 0.25) is 0 Å². The molecule has 0 aromatic heterocycles. The van der Waals surface area contributed by atoms with Crippen LogP contribution in [0.4, 0.5) is 13.2 Å². The van der Waals surface area contributed by atoms with Crippen molar-refractivity contribution < 1.29 is 27.4 Å². The van der Waals surface area contributed by atoms with Crippen LogP contribution in [-0.2, 0) is 0 Å². The fraction of sp³-hybridized carbons (Fsp3) is 0.167. The monoisotopic (exact) mass is 351 g/mol. The predicted octanol–water partition coefficient (Wildman–Crippen LogP) is 4.12. The molecule has 0 heterocycles. The highest BCUT2D eigenvalue weighted by molar-refractivity contribution is 5.95. The molecule has 2 aromatic carbocycles. The van der Waals surface area contributed by atoms with Crippen molar-refractivity contribution in [3.63, 3.8) is 0 Å². The molecule has 2 aromatic rings. The summed E-state index contributed by atoms with van der Waals surface area (Å²) in [5.41, 5.74) is 1.80. The molecule has 25 heavy (non-hydrogen) atoms. The Morgan fingerprint density at radius 1 is 1.08 bits per heavy atom. The Morgan fingerprint density at radius 2 is 1.76 bits per heavy atom. The molecule has 0 aliphatic rings. The van der Waals surface area contributed by atoms with Gasteiger partial charge in [0.05, 0.1) is 7.11 Å². The molecule has 0 radical (unpaired) electrons. The number of rotatable bonds is 5. The lowest BCUT2D eigenvalue weighted by Gasteiger charge is -2.09. The smallest absolute Gasteiger partial charge is 0.496 e. The third-order valence-electron chi connectivity index (χ3n) is 3.29. The van der Waals surface area contributed by atoms with Crippen LogP contribution in [0.2, 0.25) is 0 Å². The largest absolute Gasteiger partial charge is 0.573 e. The summed E-state index contributed by atoms with van der Waals surface area (Å²) >= 11 is 0. The van der Waals surface area contributed by atoms with E-state index >= 15 is 0 Å². The van der Waals surface area contributed by atoms with Crippen LogP contribution < -0.4 is 14.8 Å². The Kier molecular flexibility index (Phi) is 5.69. The third-order valence-corrected chi connectivity index (χ3v) is 3.29. The molecule has 1 N–H and O–H groups in total. The maximum atomic E-state index is 12.1. The number of nitrogens with one attached hydrogen (secondary N) is 1. The van der Waals surface area contributed by atoms with Gasteiger partial charge >= 0.3 is 6.36 Å². The van der Waals surface area contributed by atoms with Gasteiger partial charge in [0.15, 0.2) is 0 Å². The second-order valence-corrected chi connectivity index (χ2v) is 4.99. The van der Waals surface area contributed by atoms with Gasteiger partial charge in [-0.25, -0.2) is 0 Å². The van der Waals surface area contributed by atoms with Crippen LogP contribution in [0.5, 0.6) is 11.5 Å². The minimum Gasteiger partial charge on any atom is -0.496 e. The molecular formula is C18H16F3NO3. The van der Waals surface area contributed by atoms with Gasteiger partial charge in [0.1, 0.15) is 11.5 Å². The van der Waals surface area contributed by atoms with E-state index in [1.165, 1.54) is 38.4 Å². The molecule has 0 unspecified atom stereocenters. The highest BCUT2D eigenvalue weighted by Crippen LogP contribution is 2.25. The highest BCUT2D eigenvalue weighted by atomic mass is 19.4. The fourth-order valence-electron chi connectivity index (χ4n) is 2.12. The number of alkyl halides is 3. The predicted molar refractivity (Wildman–Crippen MR) is 88.4 cm³/mol. The van der Waals surface area contributed by atoms with E-state index in [0.717, 1.165) is 0 Å². The first-order chi connectivity index (χ1) is 11.8. The first-order valence-corrected chi connectivity index (χ1v) is 7.26. The SMILES string of the molecule is CNC(=O)c1ccc(OC)c(C=Cc2ccc(OC(F)(F)F)cc2)c1. The van der Waals surface area contributed by atoms with E-state index in [1.54, 1.807) is 30.4 Å². The minimum atomic E-state index is -4.72. The van der Waals surface area contributed by atoms with Crippen LogP contribution in [0.3, 0.4) is 0 Å². The summed E-state index contributed by atoms with van der Waals surface area (Å²) in [4.78, 5) is 11.7. The Balaban J connectivity index is 2.21. The normalized spacial score (nSPS) is 11.4. The zero-order chi connectivity index (χ0) is 18.4. The molecule has 0 atom stereocenters. The minimum absolute atomic E-state index is 0.231. The van der Waals surface area contributed by atoms with E-state index in [0.29, 0.717) is 22.4 Å². The molecule has 0 aliphatic carbocycles. The Morgan fingerprint density at radius 3 is 2.32 bits per heavy atom. The van der Waals surface area contributed by atoms with Gasteiger partial charge in [-0.05, 0) is 35.9 Å². The number of hydrogen-bond acceptors (Lipinski definition) is 3. The van der Waals surface area contributed by atoms with Crippen molar-refractivity contribution in [2.24, 2.45) is 0 Å². The first-order valence-electron chi connectivity index (χ1n) is 7.26. The molecule has 0 spiro atoms. The van der Waals surface area contributed by atoms with Crippen LogP contribution in [-0.4, -0.2) is 26.4 Å². The standard InChI is InChI=1S/C18H16F3NO3/c1-22-17(23)14-7-10-16(24-2)13(11-14)6-3-12-4-8-15(9-5-12)25-18(19,20)21/h3-11H,1-2H3,(H,22,23). The number of hydrogen-bond donors (Lipinski definition) is 1. The number of carbonyl (C=O) groups excluding carboxylic acids is 1. The van der Waals surface area contributed by atoms with E-state index in [-0.39, 0.29) is 11.7 Å². The van der Waals surface area contributed by atoms with Crippen molar-refractivity contribution in [2.45, 2.75) is 6.36 Å². The summed E-state index contributed by atoms with van der Waals surface area (Å²) < 4.78 is 45.5. The van der Waals surface area contributed by atoms with Gasteiger partial charge < -0.3 is 14.8 Å². The summed E-state index contributed by atoms with van der Waals surface area (Å²) in [6, 6.07) is 10.4. The van der Waals surface area contributed by atoms with E-state index in [4.69, 9.17) is 4.74 Å². The summed E-state index contributed by atoms with van der Waals surface area (Å²) in [5.74, 6) is 0.0516. The van der Waals surface area contributed by atoms with Gasteiger partial charge in [0.25, 0.3) is 5.91 Å². The molecule has 132 valence electrons. The molecule has 2 rings (SSSR count). The van der Waals surface area contributed by atoms with Gasteiger partial charge in [-0.3, -0.25) is 4.79 Å². The average molecular weight is 351 g/mol. The van der Waals surface area contributed by atoms with Gasteiger partial charge in [0, 0.05) is 18.2 Å². The lowest BCUT2D eigenvalue weighted by atomic mass is 10.1. The average Bonchev–Trinajstić information content (AvgIpc) is 2.58. The molecule has 0 bridgehead atoms. The van der Waals surface area contributed by atoms with Gasteiger partial charge in [-0.1, -0.05) is 24.3 Å². The van der Waals surface area contributed by atoms with Crippen molar-refractivity contribution >= 4 is 18.1 Å². The second-order valence-electron chi connectivity index (χ2n) is 4.99. The van der Waals surface area contributed by atoms with Crippen LogP contribution in [0.25, 0.3) is 12.2 Å². The number of ether oxygens (including phenoxy) is 2. The molecule has 0 saturated heterocycles. The molecule has 0 fully saturated rings. The summed E-state index contributed by atoms with van der Waals surface area (Å²) in [6.07, 6.45) is -1.31. The van der Waals surface area contributed by atoms with Crippen LogP contribution in [0, 0.1) is 0 Å². The van der Waals surface area contributed by atoms with E-state index in [1.807, 2.05) is 0 Å². The number of carbonyl (C=O) groups is 1. The van der Waals surface area contributed by atoms with E-state index in [9.17, 15) is 18.0 Å². The van der Waals surface area contributed by atoms with Gasteiger partial charge in [-0.2, -0.15) is 0 Å². The summed E-state index contributed by atoms with van der Waals surface area (Å²) in [5, 5.41) is 2.53. The number of methoxy groups -OCH3 is 1. The number of halogens is 3. The number of amides is 1. The third kappa shape index (κ3) is 5.27. The van der Waals surface area contributed by atoms with E-state index < -0.39 is 6.36 Å². The summed E-state index contributed by atoms with van der Waals surface area (Å²) in [7, 11) is 3.04. The fourth-order valence-corrected chi connectivity index (χ4v) is 2.12. The van der Waals surface area contributed by atoms with Crippen molar-refractivity contribution in [1.82, 2.24) is 5.32 Å². The lowest BCUT2D eigenvalue weighted by molar-refractivity contribution is -0.274. The Labute approximate surface area is 142 Å². The zero-order valence-electron chi connectivity index (χ0n) is 13.6. The maximum Gasteiger partial charge on any atom is 0.573 e. The molecule has 7 heteroatoms. The maximum absolute atomic E-state index is 12.1. The lowest BCUT2D eigenvalue weighted by Crippen LogP contribution is -2.17. The zero-order valence-corrected chi connectivity index (χ0v) is 13.6. The van der Waals surface area contributed by atoms with Crippen molar-refractivity contribution in [2.75, 3.05) is 14.2 Å². The van der Waals surface area contributed by atoms with Crippen LogP contribution in [0.1, 0.15) is 21.5 Å². The van der Waals surface area contributed by atoms with E-state index in [2.05, 4.69) is 10.1 Å². The number of benzene rings is 2. The molecule has 0 saturated carbocycles. The first kappa shape index (κ1) is 18.4. The molecule has 4 nitrogen and oxygen atoms in total. The van der Waals surface area contributed by atoms with Gasteiger partial charge in [-0.15, -0.1) is 13.2 Å². The Bertz CT molecular complexity index is 768. The topological polar surface area (TPSA) is 47.6 Å². The van der Waals surface area contributed by atoms with Crippen molar-refractivity contribution in [3.05, 3.63) is 59.2 Å². The molecular weight excluding hydrogens is 335 g/mol. The Hall–Kier alpha value is -2.96.